The fourth-order valence-corrected chi connectivity index (χ4v) is 4.42. The zero-order valence-corrected chi connectivity index (χ0v) is 20.9. The Kier molecular flexibility index (Phi) is 9.54. The normalized spacial score (nSPS) is 18.5. The summed E-state index contributed by atoms with van der Waals surface area (Å²) in [5.74, 6) is 0.652. The molecule has 9 heteroatoms. The van der Waals surface area contributed by atoms with Crippen LogP contribution in [0.15, 0.2) is 54.6 Å². The summed E-state index contributed by atoms with van der Waals surface area (Å²) in [5, 5.41) is 2.99. The van der Waals surface area contributed by atoms with E-state index in [-0.39, 0.29) is 18.0 Å². The molecule has 2 aliphatic heterocycles. The first kappa shape index (κ1) is 25.9. The molecule has 0 saturated carbocycles. The van der Waals surface area contributed by atoms with Crippen LogP contribution in [0.3, 0.4) is 0 Å². The molecule has 2 fully saturated rings. The number of ether oxygens (including phenoxy) is 3. The van der Waals surface area contributed by atoms with Crippen LogP contribution in [0.4, 0.5) is 4.79 Å². The van der Waals surface area contributed by atoms with Gasteiger partial charge in [-0.15, -0.1) is 0 Å². The molecule has 0 aliphatic carbocycles. The Bertz CT molecular complexity index is 966. The second kappa shape index (κ2) is 13.2. The average Bonchev–Trinajstić information content (AvgIpc) is 2.95. The van der Waals surface area contributed by atoms with Crippen LogP contribution in [0.1, 0.15) is 15.9 Å². The van der Waals surface area contributed by atoms with E-state index in [4.69, 9.17) is 14.2 Å². The van der Waals surface area contributed by atoms with Gasteiger partial charge in [0, 0.05) is 51.4 Å². The van der Waals surface area contributed by atoms with Crippen molar-refractivity contribution in [2.24, 2.45) is 0 Å². The van der Waals surface area contributed by atoms with Crippen LogP contribution >= 0.6 is 0 Å². The predicted molar refractivity (Wildman–Crippen MR) is 136 cm³/mol. The molecule has 2 aliphatic rings. The van der Waals surface area contributed by atoms with Crippen molar-refractivity contribution in [3.63, 3.8) is 0 Å². The summed E-state index contributed by atoms with van der Waals surface area (Å²) in [6.07, 6.45) is -0.256. The molecule has 1 atom stereocenters. The van der Waals surface area contributed by atoms with Gasteiger partial charge in [-0.2, -0.15) is 0 Å². The summed E-state index contributed by atoms with van der Waals surface area (Å²) >= 11 is 0. The van der Waals surface area contributed by atoms with E-state index in [2.05, 4.69) is 10.2 Å². The Hall–Kier alpha value is -3.14. The SMILES string of the molecule is COc1ccc(C(=O)N(CCN2CCOCC2)CC2CN(C(=O)NCc3ccccc3)CCO2)cc1. The third-order valence-corrected chi connectivity index (χ3v) is 6.55. The number of rotatable bonds is 9. The van der Waals surface area contributed by atoms with Gasteiger partial charge in [-0.3, -0.25) is 9.69 Å². The third kappa shape index (κ3) is 7.43. The number of benzene rings is 2. The van der Waals surface area contributed by atoms with Gasteiger partial charge in [0.05, 0.1) is 39.6 Å². The summed E-state index contributed by atoms with van der Waals surface area (Å²) in [6, 6.07) is 16.9. The van der Waals surface area contributed by atoms with Crippen molar-refractivity contribution in [3.05, 3.63) is 65.7 Å². The lowest BCUT2D eigenvalue weighted by Crippen LogP contribution is -2.53. The Morgan fingerprint density at radius 2 is 1.78 bits per heavy atom. The van der Waals surface area contributed by atoms with E-state index in [1.54, 1.807) is 36.3 Å². The first-order valence-electron chi connectivity index (χ1n) is 12.5. The number of amides is 3. The van der Waals surface area contributed by atoms with Crippen LogP contribution in [0.2, 0.25) is 0 Å². The Morgan fingerprint density at radius 3 is 2.50 bits per heavy atom. The molecule has 2 aromatic rings. The van der Waals surface area contributed by atoms with Crippen molar-refractivity contribution in [2.45, 2.75) is 12.6 Å². The predicted octanol–water partition coefficient (Wildman–Crippen LogP) is 2.08. The van der Waals surface area contributed by atoms with Crippen LogP contribution in [0.25, 0.3) is 0 Å². The maximum Gasteiger partial charge on any atom is 0.317 e. The van der Waals surface area contributed by atoms with Crippen molar-refractivity contribution < 1.29 is 23.8 Å². The zero-order valence-electron chi connectivity index (χ0n) is 20.9. The lowest BCUT2D eigenvalue weighted by Gasteiger charge is -2.36. The quantitative estimate of drug-likeness (QED) is 0.573. The van der Waals surface area contributed by atoms with Crippen LogP contribution in [-0.2, 0) is 16.0 Å². The number of carbonyl (C=O) groups is 2. The molecule has 0 spiro atoms. The fraction of sp³-hybridized carbons (Fsp3) is 0.481. The zero-order chi connectivity index (χ0) is 25.2. The molecule has 36 heavy (non-hydrogen) atoms. The Balaban J connectivity index is 1.37. The minimum atomic E-state index is -0.256. The van der Waals surface area contributed by atoms with Crippen molar-refractivity contribution in [3.8, 4) is 5.75 Å². The van der Waals surface area contributed by atoms with Gasteiger partial charge < -0.3 is 29.3 Å². The molecule has 194 valence electrons. The van der Waals surface area contributed by atoms with Gasteiger partial charge in [-0.1, -0.05) is 30.3 Å². The maximum absolute atomic E-state index is 13.5. The molecule has 0 radical (unpaired) electrons. The minimum Gasteiger partial charge on any atom is -0.497 e. The highest BCUT2D eigenvalue weighted by Gasteiger charge is 2.28. The molecule has 9 nitrogen and oxygen atoms in total. The molecular weight excluding hydrogens is 460 g/mol. The van der Waals surface area contributed by atoms with Crippen molar-refractivity contribution in [2.75, 3.05) is 72.7 Å². The molecule has 3 amide bonds. The first-order valence-corrected chi connectivity index (χ1v) is 12.5. The second-order valence-corrected chi connectivity index (χ2v) is 9.02. The number of hydrogen-bond donors (Lipinski definition) is 1. The standard InChI is InChI=1S/C27H36N4O5/c1-34-24-9-7-23(8-10-24)26(32)30(12-11-29-13-16-35-17-14-29)20-25-21-31(15-18-36-25)27(33)28-19-22-5-3-2-4-6-22/h2-10,25H,11-21H2,1H3,(H,28,33). The minimum absolute atomic E-state index is 0.0554. The number of hydrogen-bond acceptors (Lipinski definition) is 6. The molecule has 0 bridgehead atoms. The van der Waals surface area contributed by atoms with Gasteiger partial charge in [-0.05, 0) is 29.8 Å². The molecule has 4 rings (SSSR count). The van der Waals surface area contributed by atoms with Gasteiger partial charge >= 0.3 is 6.03 Å². The van der Waals surface area contributed by atoms with E-state index in [1.165, 1.54) is 0 Å². The summed E-state index contributed by atoms with van der Waals surface area (Å²) < 4.78 is 16.7. The summed E-state index contributed by atoms with van der Waals surface area (Å²) in [6.45, 7) is 6.78. The van der Waals surface area contributed by atoms with Gasteiger partial charge in [0.2, 0.25) is 0 Å². The maximum atomic E-state index is 13.5. The van der Waals surface area contributed by atoms with Gasteiger partial charge in [0.25, 0.3) is 5.91 Å². The molecule has 1 unspecified atom stereocenters. The van der Waals surface area contributed by atoms with Crippen molar-refractivity contribution >= 4 is 11.9 Å². The van der Waals surface area contributed by atoms with E-state index in [1.807, 2.05) is 35.2 Å². The molecule has 2 heterocycles. The first-order chi connectivity index (χ1) is 17.6. The summed E-state index contributed by atoms with van der Waals surface area (Å²) in [4.78, 5) is 32.2. The molecule has 1 N–H and O–H groups in total. The Morgan fingerprint density at radius 1 is 1.03 bits per heavy atom. The van der Waals surface area contributed by atoms with E-state index < -0.39 is 0 Å². The van der Waals surface area contributed by atoms with E-state index in [9.17, 15) is 9.59 Å². The summed E-state index contributed by atoms with van der Waals surface area (Å²) in [5.41, 5.74) is 1.65. The van der Waals surface area contributed by atoms with Gasteiger partial charge in [0.15, 0.2) is 0 Å². The lowest BCUT2D eigenvalue weighted by molar-refractivity contribution is -0.0297. The highest BCUT2D eigenvalue weighted by atomic mass is 16.5. The third-order valence-electron chi connectivity index (χ3n) is 6.55. The molecular formula is C27H36N4O5. The second-order valence-electron chi connectivity index (χ2n) is 9.02. The van der Waals surface area contributed by atoms with Gasteiger partial charge in [0.1, 0.15) is 5.75 Å². The number of nitrogens with zero attached hydrogens (tertiary/aromatic N) is 3. The smallest absolute Gasteiger partial charge is 0.317 e. The molecule has 2 aromatic carbocycles. The Labute approximate surface area is 212 Å². The number of urea groups is 1. The average molecular weight is 497 g/mol. The number of nitrogens with one attached hydrogen (secondary N) is 1. The van der Waals surface area contributed by atoms with Gasteiger partial charge in [-0.25, -0.2) is 4.79 Å². The van der Waals surface area contributed by atoms with Crippen molar-refractivity contribution in [1.82, 2.24) is 20.0 Å². The lowest BCUT2D eigenvalue weighted by atomic mass is 10.1. The van der Waals surface area contributed by atoms with E-state index >= 15 is 0 Å². The fourth-order valence-electron chi connectivity index (χ4n) is 4.42. The number of morpholine rings is 2. The van der Waals surface area contributed by atoms with Crippen molar-refractivity contribution in [1.29, 1.82) is 0 Å². The molecule has 2 saturated heterocycles. The van der Waals surface area contributed by atoms with E-state index in [0.717, 1.165) is 25.2 Å². The largest absolute Gasteiger partial charge is 0.497 e. The van der Waals surface area contributed by atoms with E-state index in [0.29, 0.717) is 63.9 Å². The highest BCUT2D eigenvalue weighted by Crippen LogP contribution is 2.15. The van der Waals surface area contributed by atoms with Crippen LogP contribution in [0, 0.1) is 0 Å². The molecule has 0 aromatic heterocycles. The number of carbonyl (C=O) groups excluding carboxylic acids is 2. The topological polar surface area (TPSA) is 83.6 Å². The summed E-state index contributed by atoms with van der Waals surface area (Å²) in [7, 11) is 1.60. The highest BCUT2D eigenvalue weighted by molar-refractivity contribution is 5.94. The van der Waals surface area contributed by atoms with Crippen LogP contribution in [0.5, 0.6) is 5.75 Å². The van der Waals surface area contributed by atoms with Crippen LogP contribution < -0.4 is 10.1 Å². The van der Waals surface area contributed by atoms with Crippen LogP contribution in [-0.4, -0.2) is 105 Å². The monoisotopic (exact) mass is 496 g/mol. The number of methoxy groups -OCH3 is 1.